The summed E-state index contributed by atoms with van der Waals surface area (Å²) in [5.74, 6) is 0.607. The Labute approximate surface area is 158 Å². The summed E-state index contributed by atoms with van der Waals surface area (Å²) >= 11 is 0. The first kappa shape index (κ1) is 21.8. The molecule has 1 rings (SSSR count). The molecule has 1 aromatic rings. The van der Waals surface area contributed by atoms with Gasteiger partial charge in [-0.15, -0.1) is 0 Å². The fourth-order valence-electron chi connectivity index (χ4n) is 2.41. The fourth-order valence-corrected chi connectivity index (χ4v) is 2.41. The summed E-state index contributed by atoms with van der Waals surface area (Å²) < 4.78 is 0. The Morgan fingerprint density at radius 3 is 2.31 bits per heavy atom. The number of rotatable bonds is 8. The SMILES string of the molecule is CCNC(=NCC(=O)NC(C)(C)C)NCCCc1ccc(N(C)C)cc1. The minimum absolute atomic E-state index is 0.0734. The van der Waals surface area contributed by atoms with E-state index >= 15 is 0 Å². The van der Waals surface area contributed by atoms with E-state index in [0.29, 0.717) is 5.96 Å². The van der Waals surface area contributed by atoms with E-state index in [1.165, 1.54) is 11.3 Å². The summed E-state index contributed by atoms with van der Waals surface area (Å²) in [5, 5.41) is 9.37. The lowest BCUT2D eigenvalue weighted by molar-refractivity contribution is -0.121. The van der Waals surface area contributed by atoms with Crippen LogP contribution in [0.3, 0.4) is 0 Å². The molecule has 0 aliphatic carbocycles. The number of aryl methyl sites for hydroxylation is 1. The van der Waals surface area contributed by atoms with Crippen LogP contribution in [0.2, 0.25) is 0 Å². The third-order valence-corrected chi connectivity index (χ3v) is 3.63. The van der Waals surface area contributed by atoms with Crippen LogP contribution in [-0.2, 0) is 11.2 Å². The van der Waals surface area contributed by atoms with Gasteiger partial charge >= 0.3 is 0 Å². The minimum atomic E-state index is -0.236. The van der Waals surface area contributed by atoms with Gasteiger partial charge in [0.05, 0.1) is 0 Å². The summed E-state index contributed by atoms with van der Waals surface area (Å²) in [5.41, 5.74) is 2.30. The lowest BCUT2D eigenvalue weighted by atomic mass is 10.1. The van der Waals surface area contributed by atoms with Gasteiger partial charge in [0.1, 0.15) is 6.54 Å². The van der Waals surface area contributed by atoms with Crippen molar-refractivity contribution in [2.45, 2.75) is 46.1 Å². The first-order valence-corrected chi connectivity index (χ1v) is 9.30. The second-order valence-corrected chi connectivity index (χ2v) is 7.58. The van der Waals surface area contributed by atoms with Gasteiger partial charge in [-0.2, -0.15) is 0 Å². The van der Waals surface area contributed by atoms with Crippen LogP contribution in [0.25, 0.3) is 0 Å². The minimum Gasteiger partial charge on any atom is -0.378 e. The summed E-state index contributed by atoms with van der Waals surface area (Å²) in [4.78, 5) is 18.3. The Hall–Kier alpha value is -2.24. The van der Waals surface area contributed by atoms with E-state index < -0.39 is 0 Å². The van der Waals surface area contributed by atoms with E-state index in [1.54, 1.807) is 0 Å². The topological polar surface area (TPSA) is 68.8 Å². The van der Waals surface area contributed by atoms with E-state index in [4.69, 9.17) is 0 Å². The first-order valence-electron chi connectivity index (χ1n) is 9.30. The second-order valence-electron chi connectivity index (χ2n) is 7.58. The van der Waals surface area contributed by atoms with Gasteiger partial charge in [-0.1, -0.05) is 12.1 Å². The molecule has 0 saturated heterocycles. The van der Waals surface area contributed by atoms with Crippen molar-refractivity contribution in [2.75, 3.05) is 38.6 Å². The second kappa shape index (κ2) is 10.7. The molecule has 0 heterocycles. The zero-order valence-electron chi connectivity index (χ0n) is 17.1. The Kier molecular flexibility index (Phi) is 8.96. The number of guanidine groups is 1. The quantitative estimate of drug-likeness (QED) is 0.377. The molecule has 1 aromatic carbocycles. The maximum Gasteiger partial charge on any atom is 0.242 e. The van der Waals surface area contributed by atoms with E-state index in [-0.39, 0.29) is 18.0 Å². The van der Waals surface area contributed by atoms with Crippen molar-refractivity contribution in [2.24, 2.45) is 4.99 Å². The summed E-state index contributed by atoms with van der Waals surface area (Å²) in [7, 11) is 4.09. The average Bonchev–Trinajstić information content (AvgIpc) is 2.55. The molecular weight excluding hydrogens is 326 g/mol. The number of benzene rings is 1. The molecule has 0 spiro atoms. The molecule has 0 aliphatic heterocycles. The lowest BCUT2D eigenvalue weighted by Gasteiger charge is -2.20. The van der Waals surface area contributed by atoms with E-state index in [1.807, 2.05) is 41.8 Å². The van der Waals surface area contributed by atoms with Gasteiger partial charge in [0, 0.05) is 38.4 Å². The molecule has 0 bridgehead atoms. The molecule has 6 heteroatoms. The van der Waals surface area contributed by atoms with Crippen molar-refractivity contribution in [1.82, 2.24) is 16.0 Å². The predicted molar refractivity (Wildman–Crippen MR) is 111 cm³/mol. The largest absolute Gasteiger partial charge is 0.378 e. The van der Waals surface area contributed by atoms with Gasteiger partial charge in [-0.05, 0) is 58.2 Å². The number of hydrogen-bond donors (Lipinski definition) is 3. The normalized spacial score (nSPS) is 11.8. The van der Waals surface area contributed by atoms with Crippen LogP contribution in [0.1, 0.15) is 39.7 Å². The van der Waals surface area contributed by atoms with Gasteiger partial charge < -0.3 is 20.9 Å². The Bertz CT molecular complexity index is 573. The Balaban J connectivity index is 2.40. The van der Waals surface area contributed by atoms with Gasteiger partial charge in [-0.3, -0.25) is 4.79 Å². The van der Waals surface area contributed by atoms with Crippen LogP contribution in [0.15, 0.2) is 29.3 Å². The molecule has 1 amide bonds. The standard InChI is InChI=1S/C20H35N5O/c1-7-21-19(23-15-18(26)24-20(2,3)4)22-14-8-9-16-10-12-17(13-11-16)25(5)6/h10-13H,7-9,14-15H2,1-6H3,(H,24,26)(H2,21,22,23). The molecule has 0 radical (unpaired) electrons. The molecule has 0 aromatic heterocycles. The zero-order chi connectivity index (χ0) is 19.6. The molecule has 6 nitrogen and oxygen atoms in total. The van der Waals surface area contributed by atoms with Crippen molar-refractivity contribution in [3.63, 3.8) is 0 Å². The summed E-state index contributed by atoms with van der Waals surface area (Å²) in [6, 6.07) is 8.63. The number of nitrogens with zero attached hydrogens (tertiary/aromatic N) is 2. The average molecular weight is 362 g/mol. The van der Waals surface area contributed by atoms with Crippen LogP contribution in [-0.4, -0.2) is 51.1 Å². The number of anilines is 1. The van der Waals surface area contributed by atoms with E-state index in [9.17, 15) is 4.79 Å². The lowest BCUT2D eigenvalue weighted by Crippen LogP contribution is -2.43. The zero-order valence-corrected chi connectivity index (χ0v) is 17.1. The molecular formula is C20H35N5O. The van der Waals surface area contributed by atoms with Gasteiger partial charge in [0.25, 0.3) is 0 Å². The van der Waals surface area contributed by atoms with Crippen molar-refractivity contribution in [3.05, 3.63) is 29.8 Å². The van der Waals surface area contributed by atoms with Gasteiger partial charge in [-0.25, -0.2) is 4.99 Å². The van der Waals surface area contributed by atoms with Crippen LogP contribution >= 0.6 is 0 Å². The van der Waals surface area contributed by atoms with E-state index in [2.05, 4.69) is 50.1 Å². The van der Waals surface area contributed by atoms with Crippen molar-refractivity contribution >= 4 is 17.6 Å². The van der Waals surface area contributed by atoms with Gasteiger partial charge in [0.15, 0.2) is 5.96 Å². The van der Waals surface area contributed by atoms with Gasteiger partial charge in [0.2, 0.25) is 5.91 Å². The highest BCUT2D eigenvalue weighted by atomic mass is 16.2. The Morgan fingerprint density at radius 2 is 1.77 bits per heavy atom. The summed E-state index contributed by atoms with van der Waals surface area (Å²) in [6.07, 6.45) is 2.00. The smallest absolute Gasteiger partial charge is 0.242 e. The number of aliphatic imine (C=N–C) groups is 1. The highest BCUT2D eigenvalue weighted by Crippen LogP contribution is 2.13. The molecule has 0 fully saturated rings. The summed E-state index contributed by atoms with van der Waals surface area (Å²) in [6.45, 7) is 9.59. The molecule has 3 N–H and O–H groups in total. The molecule has 0 aliphatic rings. The maximum atomic E-state index is 11.9. The Morgan fingerprint density at radius 1 is 1.12 bits per heavy atom. The monoisotopic (exact) mass is 361 g/mol. The third-order valence-electron chi connectivity index (χ3n) is 3.63. The number of carbonyl (C=O) groups is 1. The molecule has 26 heavy (non-hydrogen) atoms. The van der Waals surface area contributed by atoms with Crippen LogP contribution in [0, 0.1) is 0 Å². The van der Waals surface area contributed by atoms with Crippen LogP contribution in [0.4, 0.5) is 5.69 Å². The molecule has 0 unspecified atom stereocenters. The number of amides is 1. The third kappa shape index (κ3) is 9.30. The number of nitrogens with one attached hydrogen (secondary N) is 3. The predicted octanol–water partition coefficient (Wildman–Crippen LogP) is 2.16. The maximum absolute atomic E-state index is 11.9. The van der Waals surface area contributed by atoms with Crippen LogP contribution < -0.4 is 20.9 Å². The van der Waals surface area contributed by atoms with Crippen molar-refractivity contribution in [3.8, 4) is 0 Å². The van der Waals surface area contributed by atoms with Crippen LogP contribution in [0.5, 0.6) is 0 Å². The number of hydrogen-bond acceptors (Lipinski definition) is 3. The van der Waals surface area contributed by atoms with E-state index in [0.717, 1.165) is 25.9 Å². The first-order chi connectivity index (χ1) is 12.2. The fraction of sp³-hybridized carbons (Fsp3) is 0.600. The number of carbonyl (C=O) groups excluding carboxylic acids is 1. The molecule has 146 valence electrons. The molecule has 0 atom stereocenters. The highest BCUT2D eigenvalue weighted by molar-refractivity contribution is 5.85. The van der Waals surface area contributed by atoms with Crippen molar-refractivity contribution < 1.29 is 4.79 Å². The molecule has 0 saturated carbocycles. The highest BCUT2D eigenvalue weighted by Gasteiger charge is 2.13. The van der Waals surface area contributed by atoms with Crippen molar-refractivity contribution in [1.29, 1.82) is 0 Å².